The third-order valence-corrected chi connectivity index (χ3v) is 7.19. The molecule has 0 aliphatic heterocycles. The van der Waals surface area contributed by atoms with Crippen LogP contribution in [0.2, 0.25) is 0 Å². The molecule has 4 aliphatic carbocycles. The highest BCUT2D eigenvalue weighted by molar-refractivity contribution is 5.95. The van der Waals surface area contributed by atoms with Crippen LogP contribution in [-0.2, 0) is 4.79 Å². The summed E-state index contributed by atoms with van der Waals surface area (Å²) < 4.78 is 1.91. The van der Waals surface area contributed by atoms with Crippen LogP contribution in [0.15, 0.2) is 48.9 Å². The number of anilines is 1. The predicted molar refractivity (Wildman–Crippen MR) is 108 cm³/mol. The topological polar surface area (TPSA) is 59.3 Å². The zero-order valence-corrected chi connectivity index (χ0v) is 15.8. The Balaban J connectivity index is 1.21. The molecule has 0 unspecified atom stereocenters. The molecular weight excluding hydrogens is 348 g/mol. The van der Waals surface area contributed by atoms with Gasteiger partial charge in [-0.25, -0.2) is 9.97 Å². The summed E-state index contributed by atoms with van der Waals surface area (Å²) in [5.74, 6) is 3.28. The van der Waals surface area contributed by atoms with Gasteiger partial charge in [-0.3, -0.25) is 9.20 Å². The van der Waals surface area contributed by atoms with Crippen molar-refractivity contribution in [1.29, 1.82) is 0 Å². The molecule has 7 rings (SSSR count). The average Bonchev–Trinajstić information content (AvgIpc) is 3.12. The van der Waals surface area contributed by atoms with Crippen molar-refractivity contribution in [1.82, 2.24) is 14.4 Å². The summed E-state index contributed by atoms with van der Waals surface area (Å²) in [5.41, 5.74) is 2.68. The van der Waals surface area contributed by atoms with Crippen molar-refractivity contribution in [3.63, 3.8) is 0 Å². The van der Waals surface area contributed by atoms with Gasteiger partial charge in [0.05, 0.1) is 11.1 Å². The smallest absolute Gasteiger partial charge is 0.234 e. The van der Waals surface area contributed by atoms with Crippen molar-refractivity contribution in [3.8, 4) is 11.3 Å². The molecule has 5 heteroatoms. The SMILES string of the molecule is O=C(Nc1ccc(-c2cn3cccnc3n2)cc1)C12CC3CC(CC(C3)C1)C2. The summed E-state index contributed by atoms with van der Waals surface area (Å²) in [6.07, 6.45) is 13.0. The van der Waals surface area contributed by atoms with Crippen molar-refractivity contribution >= 4 is 17.4 Å². The third kappa shape index (κ3) is 2.56. The van der Waals surface area contributed by atoms with Crippen LogP contribution in [0.4, 0.5) is 5.69 Å². The second-order valence-electron chi connectivity index (χ2n) is 9.18. The summed E-state index contributed by atoms with van der Waals surface area (Å²) in [4.78, 5) is 22.0. The van der Waals surface area contributed by atoms with Crippen molar-refractivity contribution in [2.45, 2.75) is 38.5 Å². The van der Waals surface area contributed by atoms with Gasteiger partial charge in [0.1, 0.15) is 0 Å². The Kier molecular flexibility index (Phi) is 3.43. The van der Waals surface area contributed by atoms with E-state index in [-0.39, 0.29) is 11.3 Å². The number of hydrogen-bond donors (Lipinski definition) is 1. The van der Waals surface area contributed by atoms with E-state index in [1.807, 2.05) is 47.1 Å². The lowest BCUT2D eigenvalue weighted by atomic mass is 9.49. The average molecular weight is 372 g/mol. The van der Waals surface area contributed by atoms with Gasteiger partial charge in [0.2, 0.25) is 11.7 Å². The van der Waals surface area contributed by atoms with E-state index in [4.69, 9.17) is 0 Å². The first-order valence-corrected chi connectivity index (χ1v) is 10.4. The second-order valence-corrected chi connectivity index (χ2v) is 9.18. The predicted octanol–water partition coefficient (Wildman–Crippen LogP) is 4.55. The maximum absolute atomic E-state index is 13.2. The van der Waals surface area contributed by atoms with Gasteiger partial charge >= 0.3 is 0 Å². The molecule has 28 heavy (non-hydrogen) atoms. The normalized spacial score (nSPS) is 30.6. The van der Waals surface area contributed by atoms with Crippen LogP contribution in [-0.4, -0.2) is 20.3 Å². The van der Waals surface area contributed by atoms with Gasteiger partial charge in [-0.2, -0.15) is 0 Å². The number of nitrogens with zero attached hydrogens (tertiary/aromatic N) is 3. The van der Waals surface area contributed by atoms with E-state index < -0.39 is 0 Å². The summed E-state index contributed by atoms with van der Waals surface area (Å²) in [7, 11) is 0. The molecule has 142 valence electrons. The molecule has 4 saturated carbocycles. The van der Waals surface area contributed by atoms with Gasteiger partial charge in [-0.1, -0.05) is 12.1 Å². The summed E-state index contributed by atoms with van der Waals surface area (Å²) in [6.45, 7) is 0. The van der Waals surface area contributed by atoms with Crippen LogP contribution in [0.25, 0.3) is 17.0 Å². The van der Waals surface area contributed by atoms with E-state index in [0.29, 0.717) is 5.78 Å². The molecule has 0 radical (unpaired) electrons. The summed E-state index contributed by atoms with van der Waals surface area (Å²) in [6, 6.07) is 9.92. The molecule has 0 spiro atoms. The second kappa shape index (κ2) is 5.90. The fourth-order valence-corrected chi connectivity index (χ4v) is 6.35. The maximum atomic E-state index is 13.2. The molecule has 2 aromatic heterocycles. The Bertz CT molecular complexity index is 984. The minimum absolute atomic E-state index is 0.110. The summed E-state index contributed by atoms with van der Waals surface area (Å²) >= 11 is 0. The van der Waals surface area contributed by atoms with Crippen LogP contribution in [0.1, 0.15) is 38.5 Å². The minimum Gasteiger partial charge on any atom is -0.326 e. The molecule has 4 bridgehead atoms. The molecule has 5 nitrogen and oxygen atoms in total. The van der Waals surface area contributed by atoms with Crippen LogP contribution in [0.5, 0.6) is 0 Å². The first kappa shape index (κ1) is 16.3. The van der Waals surface area contributed by atoms with E-state index in [9.17, 15) is 4.79 Å². The van der Waals surface area contributed by atoms with Gasteiger partial charge in [-0.05, 0) is 74.5 Å². The number of rotatable bonds is 3. The van der Waals surface area contributed by atoms with Gasteiger partial charge in [0.15, 0.2) is 0 Å². The number of fused-ring (bicyclic) bond motifs is 1. The quantitative estimate of drug-likeness (QED) is 0.734. The molecule has 4 aliphatic rings. The Morgan fingerprint density at radius 2 is 1.71 bits per heavy atom. The van der Waals surface area contributed by atoms with Crippen molar-refractivity contribution < 1.29 is 4.79 Å². The highest BCUT2D eigenvalue weighted by atomic mass is 16.2. The van der Waals surface area contributed by atoms with E-state index >= 15 is 0 Å². The van der Waals surface area contributed by atoms with Crippen LogP contribution in [0, 0.1) is 23.2 Å². The first-order valence-electron chi connectivity index (χ1n) is 10.4. The third-order valence-electron chi connectivity index (χ3n) is 7.19. The van der Waals surface area contributed by atoms with Crippen molar-refractivity contribution in [2.24, 2.45) is 23.2 Å². The van der Waals surface area contributed by atoms with E-state index in [1.54, 1.807) is 6.20 Å². The molecule has 3 aromatic rings. The maximum Gasteiger partial charge on any atom is 0.234 e. The number of aromatic nitrogens is 3. The van der Waals surface area contributed by atoms with Gasteiger partial charge < -0.3 is 5.32 Å². The lowest BCUT2D eigenvalue weighted by molar-refractivity contribution is -0.140. The molecule has 2 heterocycles. The number of amides is 1. The molecule has 0 saturated heterocycles. The highest BCUT2D eigenvalue weighted by Gasteiger charge is 2.54. The fraction of sp³-hybridized carbons (Fsp3) is 0.435. The van der Waals surface area contributed by atoms with Crippen LogP contribution >= 0.6 is 0 Å². The van der Waals surface area contributed by atoms with E-state index in [1.165, 1.54) is 19.3 Å². The Morgan fingerprint density at radius 1 is 1.04 bits per heavy atom. The number of imidazole rings is 1. The number of nitrogens with one attached hydrogen (secondary N) is 1. The van der Waals surface area contributed by atoms with Gasteiger partial charge in [-0.15, -0.1) is 0 Å². The summed E-state index contributed by atoms with van der Waals surface area (Å²) in [5, 5.41) is 3.23. The molecule has 1 N–H and O–H groups in total. The van der Waals surface area contributed by atoms with E-state index in [2.05, 4.69) is 15.3 Å². The monoisotopic (exact) mass is 372 g/mol. The van der Waals surface area contributed by atoms with Crippen LogP contribution in [0.3, 0.4) is 0 Å². The van der Waals surface area contributed by atoms with Crippen molar-refractivity contribution in [3.05, 3.63) is 48.9 Å². The zero-order chi connectivity index (χ0) is 18.7. The van der Waals surface area contributed by atoms with E-state index in [0.717, 1.165) is 54.0 Å². The number of hydrogen-bond acceptors (Lipinski definition) is 3. The van der Waals surface area contributed by atoms with Gasteiger partial charge in [0.25, 0.3) is 0 Å². The lowest BCUT2D eigenvalue weighted by Crippen LogP contribution is -2.51. The number of carbonyl (C=O) groups excluding carboxylic acids is 1. The highest BCUT2D eigenvalue weighted by Crippen LogP contribution is 2.60. The minimum atomic E-state index is -0.110. The number of carbonyl (C=O) groups is 1. The Morgan fingerprint density at radius 3 is 2.36 bits per heavy atom. The number of benzene rings is 1. The largest absolute Gasteiger partial charge is 0.326 e. The van der Waals surface area contributed by atoms with Crippen LogP contribution < -0.4 is 5.32 Å². The molecule has 0 atom stereocenters. The Labute approximate surface area is 164 Å². The standard InChI is InChI=1S/C23H24N4O/c28-21(23-11-15-8-16(12-23)10-17(9-15)13-23)25-19-4-2-18(3-5-19)20-14-27-7-1-6-24-22(27)26-20/h1-7,14-17H,8-13H2,(H,25,28). The molecule has 4 fully saturated rings. The molecule has 1 aromatic carbocycles. The first-order chi connectivity index (χ1) is 13.7. The van der Waals surface area contributed by atoms with Crippen molar-refractivity contribution in [2.75, 3.05) is 5.32 Å². The molecule has 1 amide bonds. The van der Waals surface area contributed by atoms with Gasteiger partial charge in [0, 0.05) is 29.8 Å². The zero-order valence-electron chi connectivity index (χ0n) is 15.8. The lowest BCUT2D eigenvalue weighted by Gasteiger charge is -2.55. The fourth-order valence-electron chi connectivity index (χ4n) is 6.35. The Hall–Kier alpha value is -2.69. The molecular formula is C23H24N4O.